The van der Waals surface area contributed by atoms with Crippen LogP contribution in [0.2, 0.25) is 5.02 Å². The van der Waals surface area contributed by atoms with E-state index in [1.807, 2.05) is 0 Å². The fourth-order valence-corrected chi connectivity index (χ4v) is 3.04. The van der Waals surface area contributed by atoms with Gasteiger partial charge in [0, 0.05) is 29.6 Å². The summed E-state index contributed by atoms with van der Waals surface area (Å²) in [7, 11) is -4.55. The van der Waals surface area contributed by atoms with Gasteiger partial charge >= 0.3 is 10.2 Å². The summed E-state index contributed by atoms with van der Waals surface area (Å²) in [5, 5.41) is 0.488. The van der Waals surface area contributed by atoms with E-state index in [1.54, 1.807) is 24.3 Å². The molecule has 0 aliphatic carbocycles. The van der Waals surface area contributed by atoms with Crippen molar-refractivity contribution >= 4 is 33.4 Å². The summed E-state index contributed by atoms with van der Waals surface area (Å²) in [5.74, 6) is -1.34. The van der Waals surface area contributed by atoms with Gasteiger partial charge in [-0.3, -0.25) is 4.79 Å². The topological polar surface area (TPSA) is 54.5 Å². The van der Waals surface area contributed by atoms with Crippen LogP contribution >= 0.6 is 11.6 Å². The molecule has 1 aliphatic heterocycles. The number of hydrogen-bond donors (Lipinski definition) is 0. The summed E-state index contributed by atoms with van der Waals surface area (Å²) >= 11 is 5.82. The molecule has 4 nitrogen and oxygen atoms in total. The molecule has 98 valence electrons. The number of anilines is 1. The van der Waals surface area contributed by atoms with Crippen molar-refractivity contribution in [1.29, 1.82) is 0 Å². The third kappa shape index (κ3) is 3.20. The van der Waals surface area contributed by atoms with Crippen LogP contribution in [0, 0.1) is 5.92 Å². The molecule has 1 aromatic carbocycles. The molecule has 1 unspecified atom stereocenters. The first-order valence-electron chi connectivity index (χ1n) is 5.33. The largest absolute Gasteiger partial charge is 0.312 e. The number of carbonyl (C=O) groups excluding carboxylic acids is 1. The minimum absolute atomic E-state index is 0.0374. The molecule has 0 radical (unpaired) electrons. The van der Waals surface area contributed by atoms with Crippen molar-refractivity contribution in [3.05, 3.63) is 29.3 Å². The van der Waals surface area contributed by atoms with Crippen LogP contribution < -0.4 is 4.90 Å². The van der Waals surface area contributed by atoms with Crippen LogP contribution in [0.5, 0.6) is 0 Å². The molecular formula is C11H11ClFNO3S. The minimum Gasteiger partial charge on any atom is -0.312 e. The minimum atomic E-state index is -4.55. The zero-order valence-electron chi connectivity index (χ0n) is 9.34. The van der Waals surface area contributed by atoms with Crippen molar-refractivity contribution < 1.29 is 17.1 Å². The van der Waals surface area contributed by atoms with Gasteiger partial charge in [-0.15, -0.1) is 3.89 Å². The average Bonchev–Trinajstić information content (AvgIpc) is 2.56. The lowest BCUT2D eigenvalue weighted by atomic mass is 10.1. The molecule has 0 spiro atoms. The molecule has 18 heavy (non-hydrogen) atoms. The lowest BCUT2D eigenvalue weighted by Gasteiger charge is -2.16. The lowest BCUT2D eigenvalue weighted by Crippen LogP contribution is -2.25. The summed E-state index contributed by atoms with van der Waals surface area (Å²) in [5.41, 5.74) is 0.603. The molecule has 0 N–H and O–H groups in total. The first-order valence-corrected chi connectivity index (χ1v) is 7.26. The molecule has 0 bridgehead atoms. The van der Waals surface area contributed by atoms with E-state index in [-0.39, 0.29) is 18.9 Å². The van der Waals surface area contributed by atoms with Crippen molar-refractivity contribution in [3.8, 4) is 0 Å². The quantitative estimate of drug-likeness (QED) is 0.800. The molecule has 1 atom stereocenters. The normalized spacial score (nSPS) is 20.4. The highest BCUT2D eigenvalue weighted by Gasteiger charge is 2.33. The second kappa shape index (κ2) is 4.85. The van der Waals surface area contributed by atoms with Gasteiger partial charge < -0.3 is 4.90 Å². The molecule has 7 heteroatoms. The van der Waals surface area contributed by atoms with Crippen LogP contribution in [0.25, 0.3) is 0 Å². The smallest absolute Gasteiger partial charge is 0.302 e. The SMILES string of the molecule is O=C1CC(CS(=O)(=O)F)CN1c1cccc(Cl)c1. The van der Waals surface area contributed by atoms with Crippen LogP contribution in [0.15, 0.2) is 24.3 Å². The molecule has 1 aliphatic rings. The van der Waals surface area contributed by atoms with E-state index in [1.165, 1.54) is 4.90 Å². The standard InChI is InChI=1S/C11H11ClFNO3S/c12-9-2-1-3-10(5-9)14-6-8(4-11(14)15)7-18(13,16)17/h1-3,5,8H,4,6-7H2. The molecule has 1 fully saturated rings. The first kappa shape index (κ1) is 13.3. The van der Waals surface area contributed by atoms with Crippen LogP contribution in [-0.4, -0.2) is 26.6 Å². The fraction of sp³-hybridized carbons (Fsp3) is 0.364. The van der Waals surface area contributed by atoms with Crippen LogP contribution in [0.1, 0.15) is 6.42 Å². The van der Waals surface area contributed by atoms with E-state index < -0.39 is 21.9 Å². The van der Waals surface area contributed by atoms with Gasteiger partial charge in [-0.1, -0.05) is 17.7 Å². The van der Waals surface area contributed by atoms with E-state index in [2.05, 4.69) is 0 Å². The van der Waals surface area contributed by atoms with Crippen molar-refractivity contribution in [2.75, 3.05) is 17.2 Å². The lowest BCUT2D eigenvalue weighted by molar-refractivity contribution is -0.117. The third-order valence-electron chi connectivity index (χ3n) is 2.76. The average molecular weight is 292 g/mol. The highest BCUT2D eigenvalue weighted by molar-refractivity contribution is 7.86. The van der Waals surface area contributed by atoms with Gasteiger partial charge in [0.1, 0.15) is 0 Å². The fourth-order valence-electron chi connectivity index (χ4n) is 2.07. The third-order valence-corrected chi connectivity index (χ3v) is 3.86. The van der Waals surface area contributed by atoms with Gasteiger partial charge in [-0.2, -0.15) is 8.42 Å². The van der Waals surface area contributed by atoms with E-state index >= 15 is 0 Å². The molecule has 2 rings (SSSR count). The second-order valence-electron chi connectivity index (χ2n) is 4.26. The van der Waals surface area contributed by atoms with Crippen LogP contribution in [-0.2, 0) is 15.0 Å². The number of halogens is 2. The highest BCUT2D eigenvalue weighted by atomic mass is 35.5. The Hall–Kier alpha value is -1.14. The Morgan fingerprint density at radius 1 is 1.44 bits per heavy atom. The van der Waals surface area contributed by atoms with Gasteiger partial charge in [-0.25, -0.2) is 0 Å². The molecular weight excluding hydrogens is 281 g/mol. The zero-order chi connectivity index (χ0) is 13.3. The zero-order valence-corrected chi connectivity index (χ0v) is 10.9. The molecule has 1 saturated heterocycles. The van der Waals surface area contributed by atoms with Gasteiger partial charge in [0.15, 0.2) is 0 Å². The number of nitrogens with zero attached hydrogens (tertiary/aromatic N) is 1. The molecule has 0 aromatic heterocycles. The Kier molecular flexibility index (Phi) is 3.59. The highest BCUT2D eigenvalue weighted by Crippen LogP contribution is 2.27. The Morgan fingerprint density at radius 3 is 2.78 bits per heavy atom. The molecule has 1 heterocycles. The van der Waals surface area contributed by atoms with Crippen LogP contribution in [0.4, 0.5) is 9.57 Å². The van der Waals surface area contributed by atoms with Crippen molar-refractivity contribution in [2.45, 2.75) is 6.42 Å². The molecule has 1 aromatic rings. The van der Waals surface area contributed by atoms with Gasteiger partial charge in [0.2, 0.25) is 5.91 Å². The number of amides is 1. The van der Waals surface area contributed by atoms with Crippen molar-refractivity contribution in [1.82, 2.24) is 0 Å². The van der Waals surface area contributed by atoms with Gasteiger partial charge in [0.05, 0.1) is 5.75 Å². The summed E-state index contributed by atoms with van der Waals surface area (Å²) < 4.78 is 33.7. The number of carbonyl (C=O) groups is 1. The predicted octanol–water partition coefficient (Wildman–Crippen LogP) is 1.99. The van der Waals surface area contributed by atoms with Gasteiger partial charge in [-0.05, 0) is 18.2 Å². The summed E-state index contributed by atoms with van der Waals surface area (Å²) in [6.45, 7) is 0.197. The van der Waals surface area contributed by atoms with E-state index in [9.17, 15) is 17.1 Å². The number of rotatable bonds is 3. The maximum absolute atomic E-state index is 12.6. The van der Waals surface area contributed by atoms with Gasteiger partial charge in [0.25, 0.3) is 0 Å². The summed E-state index contributed by atoms with van der Waals surface area (Å²) in [6.07, 6.45) is 0.0374. The number of hydrogen-bond acceptors (Lipinski definition) is 3. The summed E-state index contributed by atoms with van der Waals surface area (Å²) in [4.78, 5) is 13.2. The Morgan fingerprint density at radius 2 is 2.17 bits per heavy atom. The maximum Gasteiger partial charge on any atom is 0.302 e. The van der Waals surface area contributed by atoms with E-state index in [0.29, 0.717) is 10.7 Å². The Bertz CT molecular complexity index is 575. The Balaban J connectivity index is 2.15. The molecule has 1 amide bonds. The van der Waals surface area contributed by atoms with E-state index in [4.69, 9.17) is 11.6 Å². The van der Waals surface area contributed by atoms with Crippen molar-refractivity contribution in [2.24, 2.45) is 5.92 Å². The monoisotopic (exact) mass is 291 g/mol. The Labute approximate surface area is 110 Å². The predicted molar refractivity (Wildman–Crippen MR) is 66.8 cm³/mol. The maximum atomic E-state index is 12.6. The molecule has 0 saturated carbocycles. The first-order chi connectivity index (χ1) is 8.35. The van der Waals surface area contributed by atoms with E-state index in [0.717, 1.165) is 0 Å². The summed E-state index contributed by atoms with van der Waals surface area (Å²) in [6, 6.07) is 6.70. The van der Waals surface area contributed by atoms with Crippen LogP contribution in [0.3, 0.4) is 0 Å². The van der Waals surface area contributed by atoms with Crippen molar-refractivity contribution in [3.63, 3.8) is 0 Å². The number of benzene rings is 1. The second-order valence-corrected chi connectivity index (χ2v) is 6.11.